The molecule has 2 aliphatic heterocycles. The highest BCUT2D eigenvalue weighted by Gasteiger charge is 2.37. The second-order valence-corrected chi connectivity index (χ2v) is 9.30. The third-order valence-corrected chi connectivity index (χ3v) is 6.62. The van der Waals surface area contributed by atoms with Crippen LogP contribution in [-0.4, -0.2) is 46.7 Å². The van der Waals surface area contributed by atoms with E-state index in [1.807, 2.05) is 62.1 Å². The van der Waals surface area contributed by atoms with E-state index in [1.165, 1.54) is 0 Å². The summed E-state index contributed by atoms with van der Waals surface area (Å²) in [6, 6.07) is 11.1. The predicted octanol–water partition coefficient (Wildman–Crippen LogP) is 4.23. The van der Waals surface area contributed by atoms with Gasteiger partial charge in [0.1, 0.15) is 6.04 Å². The smallest absolute Gasteiger partial charge is 0.254 e. The second kappa shape index (κ2) is 9.77. The van der Waals surface area contributed by atoms with Crippen molar-refractivity contribution < 1.29 is 14.4 Å². The number of piperidine rings is 1. The largest absolute Gasteiger partial charge is 0.341 e. The molecule has 6 heteroatoms. The molecule has 2 aromatic carbocycles. The number of likely N-dealkylation sites (tertiary alicyclic amines) is 1. The summed E-state index contributed by atoms with van der Waals surface area (Å²) in [7, 11) is 0. The highest BCUT2D eigenvalue weighted by atomic mass is 16.2. The van der Waals surface area contributed by atoms with Crippen molar-refractivity contribution in [2.75, 3.05) is 18.4 Å². The van der Waals surface area contributed by atoms with Crippen molar-refractivity contribution in [3.8, 4) is 0 Å². The Bertz CT molecular complexity index is 1050. The maximum Gasteiger partial charge on any atom is 0.254 e. The Hall–Kier alpha value is -3.15. The Morgan fingerprint density at radius 1 is 0.939 bits per heavy atom. The van der Waals surface area contributed by atoms with E-state index in [0.29, 0.717) is 24.9 Å². The van der Waals surface area contributed by atoms with Crippen molar-refractivity contribution in [2.45, 2.75) is 65.5 Å². The lowest BCUT2D eigenvalue weighted by Crippen LogP contribution is -2.54. The Morgan fingerprint density at radius 3 is 2.30 bits per heavy atom. The Labute approximate surface area is 196 Å². The molecule has 174 valence electrons. The standard InChI is InChI=1S/C27H33N3O3/c1-4-25(31)28-23-9-8-20-16-24(27(33)29-10-6-5-7-11-29)30(17-22(20)15-23)26(32)21-13-18(2)12-19(3)14-21/h8-9,12-15,24H,4-7,10-11,16-17H2,1-3H3,(H,28,31). The van der Waals surface area contributed by atoms with Gasteiger partial charge in [-0.2, -0.15) is 0 Å². The molecule has 4 rings (SSSR count). The molecule has 6 nitrogen and oxygen atoms in total. The third kappa shape index (κ3) is 5.10. The fourth-order valence-corrected chi connectivity index (χ4v) is 4.93. The number of carbonyl (C=O) groups excluding carboxylic acids is 3. The molecular formula is C27H33N3O3. The van der Waals surface area contributed by atoms with Crippen LogP contribution in [0.15, 0.2) is 36.4 Å². The summed E-state index contributed by atoms with van der Waals surface area (Å²) in [4.78, 5) is 42.8. The van der Waals surface area contributed by atoms with Gasteiger partial charge in [-0.1, -0.05) is 30.2 Å². The van der Waals surface area contributed by atoms with Gasteiger partial charge in [-0.05, 0) is 68.5 Å². The summed E-state index contributed by atoms with van der Waals surface area (Å²) >= 11 is 0. The number of rotatable bonds is 4. The van der Waals surface area contributed by atoms with Crippen molar-refractivity contribution in [3.05, 3.63) is 64.2 Å². The zero-order chi connectivity index (χ0) is 23.5. The van der Waals surface area contributed by atoms with Crippen LogP contribution < -0.4 is 5.32 Å². The van der Waals surface area contributed by atoms with E-state index >= 15 is 0 Å². The highest BCUT2D eigenvalue weighted by molar-refractivity contribution is 5.98. The van der Waals surface area contributed by atoms with E-state index in [-0.39, 0.29) is 17.7 Å². The molecule has 0 spiro atoms. The van der Waals surface area contributed by atoms with Gasteiger partial charge in [0.2, 0.25) is 11.8 Å². The summed E-state index contributed by atoms with van der Waals surface area (Å²) in [6.07, 6.45) is 4.07. The maximum absolute atomic E-state index is 13.7. The molecule has 1 fully saturated rings. The number of nitrogens with zero attached hydrogens (tertiary/aromatic N) is 2. The van der Waals surface area contributed by atoms with E-state index in [9.17, 15) is 14.4 Å². The minimum atomic E-state index is -0.514. The average molecular weight is 448 g/mol. The molecule has 3 amide bonds. The molecule has 2 aliphatic rings. The first-order valence-corrected chi connectivity index (χ1v) is 12.0. The van der Waals surface area contributed by atoms with Crippen LogP contribution in [0.3, 0.4) is 0 Å². The number of hydrogen-bond donors (Lipinski definition) is 1. The Balaban J connectivity index is 1.68. The van der Waals surface area contributed by atoms with Crippen LogP contribution in [0.1, 0.15) is 65.2 Å². The number of hydrogen-bond acceptors (Lipinski definition) is 3. The molecule has 2 heterocycles. The zero-order valence-corrected chi connectivity index (χ0v) is 19.8. The van der Waals surface area contributed by atoms with Crippen LogP contribution in [0.4, 0.5) is 5.69 Å². The molecule has 1 saturated heterocycles. The lowest BCUT2D eigenvalue weighted by atomic mass is 9.91. The third-order valence-electron chi connectivity index (χ3n) is 6.62. The van der Waals surface area contributed by atoms with Gasteiger partial charge in [0.25, 0.3) is 5.91 Å². The summed E-state index contributed by atoms with van der Waals surface area (Å²) in [6.45, 7) is 7.64. The highest BCUT2D eigenvalue weighted by Crippen LogP contribution is 2.29. The first-order chi connectivity index (χ1) is 15.9. The molecule has 1 atom stereocenters. The second-order valence-electron chi connectivity index (χ2n) is 9.30. The van der Waals surface area contributed by atoms with Gasteiger partial charge >= 0.3 is 0 Å². The minimum Gasteiger partial charge on any atom is -0.341 e. The van der Waals surface area contributed by atoms with Crippen molar-refractivity contribution in [3.63, 3.8) is 0 Å². The SMILES string of the molecule is CCC(=O)Nc1ccc2c(c1)CN(C(=O)c1cc(C)cc(C)c1)C(C(=O)N1CCCCC1)C2. The quantitative estimate of drug-likeness (QED) is 0.763. The minimum absolute atomic E-state index is 0.0430. The van der Waals surface area contributed by atoms with Gasteiger partial charge in [-0.3, -0.25) is 14.4 Å². The first kappa shape index (κ1) is 23.0. The predicted molar refractivity (Wildman–Crippen MR) is 129 cm³/mol. The van der Waals surface area contributed by atoms with Gasteiger partial charge in [0.15, 0.2) is 0 Å². The van der Waals surface area contributed by atoms with E-state index in [4.69, 9.17) is 0 Å². The van der Waals surface area contributed by atoms with Crippen LogP contribution in [0.5, 0.6) is 0 Å². The van der Waals surface area contributed by atoms with Crippen molar-refractivity contribution >= 4 is 23.4 Å². The number of nitrogens with one attached hydrogen (secondary N) is 1. The number of carbonyl (C=O) groups is 3. The lowest BCUT2D eigenvalue weighted by molar-refractivity contribution is -0.137. The number of fused-ring (bicyclic) bond motifs is 1. The molecule has 2 aromatic rings. The normalized spacial score (nSPS) is 18.0. The number of amides is 3. The molecular weight excluding hydrogens is 414 g/mol. The van der Waals surface area contributed by atoms with Crippen molar-refractivity contribution in [1.82, 2.24) is 9.80 Å². The summed E-state index contributed by atoms with van der Waals surface area (Å²) in [5.41, 5.74) is 5.43. The fraction of sp³-hybridized carbons (Fsp3) is 0.444. The number of aryl methyl sites for hydroxylation is 2. The van der Waals surface area contributed by atoms with Gasteiger partial charge in [-0.15, -0.1) is 0 Å². The van der Waals surface area contributed by atoms with Gasteiger partial charge < -0.3 is 15.1 Å². The lowest BCUT2D eigenvalue weighted by Gasteiger charge is -2.40. The van der Waals surface area contributed by atoms with E-state index in [0.717, 1.165) is 60.3 Å². The van der Waals surface area contributed by atoms with Gasteiger partial charge in [0.05, 0.1) is 0 Å². The van der Waals surface area contributed by atoms with E-state index in [1.54, 1.807) is 4.90 Å². The van der Waals surface area contributed by atoms with Crippen LogP contribution in [0, 0.1) is 13.8 Å². The molecule has 0 aromatic heterocycles. The van der Waals surface area contributed by atoms with Crippen molar-refractivity contribution in [1.29, 1.82) is 0 Å². The molecule has 33 heavy (non-hydrogen) atoms. The van der Waals surface area contributed by atoms with Crippen LogP contribution >= 0.6 is 0 Å². The number of anilines is 1. The van der Waals surface area contributed by atoms with Gasteiger partial charge in [-0.25, -0.2) is 0 Å². The number of benzene rings is 2. The van der Waals surface area contributed by atoms with Crippen LogP contribution in [0.25, 0.3) is 0 Å². The fourth-order valence-electron chi connectivity index (χ4n) is 4.93. The molecule has 1 N–H and O–H groups in total. The van der Waals surface area contributed by atoms with E-state index < -0.39 is 6.04 Å². The Morgan fingerprint density at radius 2 is 1.64 bits per heavy atom. The molecule has 0 radical (unpaired) electrons. The summed E-state index contributed by atoms with van der Waals surface area (Å²) < 4.78 is 0. The topological polar surface area (TPSA) is 69.7 Å². The summed E-state index contributed by atoms with van der Waals surface area (Å²) in [5.74, 6) is -0.126. The monoisotopic (exact) mass is 447 g/mol. The van der Waals surface area contributed by atoms with Crippen LogP contribution in [0.2, 0.25) is 0 Å². The van der Waals surface area contributed by atoms with Gasteiger partial charge in [0, 0.05) is 43.7 Å². The first-order valence-electron chi connectivity index (χ1n) is 12.0. The van der Waals surface area contributed by atoms with E-state index in [2.05, 4.69) is 5.32 Å². The maximum atomic E-state index is 13.7. The zero-order valence-electron chi connectivity index (χ0n) is 19.8. The molecule has 0 aliphatic carbocycles. The average Bonchev–Trinajstić information content (AvgIpc) is 2.82. The Kier molecular flexibility index (Phi) is 6.82. The van der Waals surface area contributed by atoms with Crippen LogP contribution in [-0.2, 0) is 22.6 Å². The molecule has 0 bridgehead atoms. The molecule has 0 saturated carbocycles. The van der Waals surface area contributed by atoms with Crippen molar-refractivity contribution in [2.24, 2.45) is 0 Å². The summed E-state index contributed by atoms with van der Waals surface area (Å²) in [5, 5.41) is 2.90. The molecule has 1 unspecified atom stereocenters.